The van der Waals surface area contributed by atoms with E-state index in [-0.39, 0.29) is 28.6 Å². The number of ether oxygens (including phenoxy) is 2. The smallest absolute Gasteiger partial charge is 0.338 e. The molecular weight excluding hydrogens is 373 g/mol. The molecule has 2 aromatic rings. The Bertz CT molecular complexity index is 922. The minimum absolute atomic E-state index is 0.0423. The highest BCUT2D eigenvalue weighted by atomic mass is 32.2. The molecule has 1 aliphatic rings. The highest BCUT2D eigenvalue weighted by molar-refractivity contribution is 7.89. The van der Waals surface area contributed by atoms with E-state index in [0.29, 0.717) is 18.7 Å². The minimum Gasteiger partial charge on any atom is -0.495 e. The first kappa shape index (κ1) is 19.3. The number of carbonyl (C=O) groups is 1. The first-order valence-electron chi connectivity index (χ1n) is 8.51. The highest BCUT2D eigenvalue weighted by Gasteiger charge is 2.30. The van der Waals surface area contributed by atoms with Crippen LogP contribution in [0.25, 0.3) is 0 Å². The summed E-state index contributed by atoms with van der Waals surface area (Å²) < 4.78 is 50.4. The topological polar surface area (TPSA) is 72.9 Å². The fourth-order valence-corrected chi connectivity index (χ4v) is 4.58. The van der Waals surface area contributed by atoms with E-state index >= 15 is 0 Å². The van der Waals surface area contributed by atoms with Crippen molar-refractivity contribution in [3.05, 3.63) is 59.4 Å². The predicted molar refractivity (Wildman–Crippen MR) is 96.5 cm³/mol. The molecule has 8 heteroatoms. The van der Waals surface area contributed by atoms with Crippen LogP contribution in [0, 0.1) is 5.82 Å². The van der Waals surface area contributed by atoms with E-state index in [1.165, 1.54) is 53.9 Å². The van der Waals surface area contributed by atoms with Crippen molar-refractivity contribution >= 4 is 16.0 Å². The Hall–Kier alpha value is -2.45. The molecule has 0 aromatic heterocycles. The Kier molecular flexibility index (Phi) is 5.76. The molecule has 2 aromatic carbocycles. The molecule has 0 spiro atoms. The molecule has 0 saturated carbocycles. The zero-order chi connectivity index (χ0) is 19.4. The molecule has 1 heterocycles. The number of halogens is 1. The van der Waals surface area contributed by atoms with Crippen molar-refractivity contribution in [2.24, 2.45) is 0 Å². The van der Waals surface area contributed by atoms with Gasteiger partial charge >= 0.3 is 5.97 Å². The molecule has 0 aliphatic carbocycles. The van der Waals surface area contributed by atoms with Crippen LogP contribution < -0.4 is 4.74 Å². The van der Waals surface area contributed by atoms with Crippen LogP contribution in [0.4, 0.5) is 4.39 Å². The minimum atomic E-state index is -3.75. The summed E-state index contributed by atoms with van der Waals surface area (Å²) in [6, 6.07) is 9.75. The monoisotopic (exact) mass is 393 g/mol. The van der Waals surface area contributed by atoms with E-state index in [0.717, 1.165) is 12.8 Å². The van der Waals surface area contributed by atoms with Crippen molar-refractivity contribution < 1.29 is 27.1 Å². The van der Waals surface area contributed by atoms with Crippen LogP contribution in [0.5, 0.6) is 5.75 Å². The summed E-state index contributed by atoms with van der Waals surface area (Å²) in [6.07, 6.45) is 1.61. The summed E-state index contributed by atoms with van der Waals surface area (Å²) in [5, 5.41) is 0. The van der Waals surface area contributed by atoms with E-state index in [4.69, 9.17) is 9.47 Å². The maximum absolute atomic E-state index is 12.9. The van der Waals surface area contributed by atoms with Gasteiger partial charge in [0.15, 0.2) is 0 Å². The van der Waals surface area contributed by atoms with Crippen LogP contribution in [0.1, 0.15) is 28.8 Å². The predicted octanol–water partition coefficient (Wildman–Crippen LogP) is 2.98. The number of hydrogen-bond acceptors (Lipinski definition) is 5. The third-order valence-corrected chi connectivity index (χ3v) is 6.29. The lowest BCUT2D eigenvalue weighted by molar-refractivity contribution is 0.0472. The van der Waals surface area contributed by atoms with Gasteiger partial charge in [-0.15, -0.1) is 0 Å². The first-order chi connectivity index (χ1) is 12.9. The van der Waals surface area contributed by atoms with Gasteiger partial charge in [-0.1, -0.05) is 12.1 Å². The van der Waals surface area contributed by atoms with Crippen LogP contribution in [0.15, 0.2) is 47.4 Å². The molecule has 144 valence electrons. The molecule has 3 rings (SSSR count). The van der Waals surface area contributed by atoms with Crippen LogP contribution in [0.3, 0.4) is 0 Å². The lowest BCUT2D eigenvalue weighted by atomic mass is 10.2. The van der Waals surface area contributed by atoms with Gasteiger partial charge in [-0.3, -0.25) is 0 Å². The SMILES string of the molecule is COc1ccc(C(=O)OCc2ccc(F)cc2)cc1S(=O)(=O)N1CCCC1. The Morgan fingerprint density at radius 3 is 2.41 bits per heavy atom. The van der Waals surface area contributed by atoms with Crippen LogP contribution >= 0.6 is 0 Å². The van der Waals surface area contributed by atoms with Gasteiger partial charge in [0.2, 0.25) is 10.0 Å². The van der Waals surface area contributed by atoms with Crippen molar-refractivity contribution in [3.8, 4) is 5.75 Å². The summed E-state index contributed by atoms with van der Waals surface area (Å²) in [5.41, 5.74) is 0.735. The van der Waals surface area contributed by atoms with E-state index < -0.39 is 16.0 Å². The standard InChI is InChI=1S/C19H20FNO5S/c1-25-17-9-6-15(12-18(17)27(23,24)21-10-2-3-11-21)19(22)26-13-14-4-7-16(20)8-5-14/h4-9,12H,2-3,10-11,13H2,1H3. The third kappa shape index (κ3) is 4.28. The Labute approximate surface area is 157 Å². The van der Waals surface area contributed by atoms with Crippen LogP contribution in [-0.4, -0.2) is 38.9 Å². The zero-order valence-corrected chi connectivity index (χ0v) is 15.7. The van der Waals surface area contributed by atoms with Crippen LogP contribution in [0.2, 0.25) is 0 Å². The van der Waals surface area contributed by atoms with Gasteiger partial charge in [-0.25, -0.2) is 17.6 Å². The number of sulfonamides is 1. The molecule has 1 fully saturated rings. The molecule has 1 saturated heterocycles. The van der Waals surface area contributed by atoms with Gasteiger partial charge in [-0.2, -0.15) is 4.31 Å². The fraction of sp³-hybridized carbons (Fsp3) is 0.316. The molecule has 0 unspecified atom stereocenters. The maximum atomic E-state index is 12.9. The van der Waals surface area contributed by atoms with Crippen molar-refractivity contribution in [3.63, 3.8) is 0 Å². The fourth-order valence-electron chi connectivity index (χ4n) is 2.89. The lowest BCUT2D eigenvalue weighted by Gasteiger charge is -2.18. The molecule has 0 atom stereocenters. The van der Waals surface area contributed by atoms with E-state index in [1.54, 1.807) is 0 Å². The van der Waals surface area contributed by atoms with Gasteiger partial charge in [-0.05, 0) is 48.7 Å². The highest BCUT2D eigenvalue weighted by Crippen LogP contribution is 2.30. The molecular formula is C19H20FNO5S. The third-order valence-electron chi connectivity index (χ3n) is 4.37. The molecule has 0 bridgehead atoms. The molecule has 0 amide bonds. The molecule has 6 nitrogen and oxygen atoms in total. The van der Waals surface area contributed by atoms with E-state index in [1.807, 2.05) is 0 Å². The number of esters is 1. The number of nitrogens with zero attached hydrogens (tertiary/aromatic N) is 1. The number of hydrogen-bond donors (Lipinski definition) is 0. The average molecular weight is 393 g/mol. The molecule has 1 aliphatic heterocycles. The van der Waals surface area contributed by atoms with Crippen molar-refractivity contribution in [2.45, 2.75) is 24.3 Å². The summed E-state index contributed by atoms with van der Waals surface area (Å²) in [5.74, 6) is -0.867. The number of benzene rings is 2. The molecule has 0 radical (unpaired) electrons. The molecule has 27 heavy (non-hydrogen) atoms. The van der Waals surface area contributed by atoms with Gasteiger partial charge in [0, 0.05) is 13.1 Å². The number of carbonyl (C=O) groups excluding carboxylic acids is 1. The first-order valence-corrected chi connectivity index (χ1v) is 9.95. The van der Waals surface area contributed by atoms with Gasteiger partial charge < -0.3 is 9.47 Å². The quantitative estimate of drug-likeness (QED) is 0.706. The van der Waals surface area contributed by atoms with E-state index in [2.05, 4.69) is 0 Å². The van der Waals surface area contributed by atoms with E-state index in [9.17, 15) is 17.6 Å². The maximum Gasteiger partial charge on any atom is 0.338 e. The summed E-state index contributed by atoms with van der Waals surface area (Å²) in [7, 11) is -2.37. The normalized spacial score (nSPS) is 14.9. The Balaban J connectivity index is 1.81. The lowest BCUT2D eigenvalue weighted by Crippen LogP contribution is -2.28. The van der Waals surface area contributed by atoms with Crippen molar-refractivity contribution in [1.82, 2.24) is 4.31 Å². The second-order valence-corrected chi connectivity index (χ2v) is 8.09. The summed E-state index contributed by atoms with van der Waals surface area (Å²) >= 11 is 0. The summed E-state index contributed by atoms with van der Waals surface area (Å²) in [6.45, 7) is 0.856. The number of rotatable bonds is 6. The van der Waals surface area contributed by atoms with Gasteiger partial charge in [0.1, 0.15) is 23.1 Å². The largest absolute Gasteiger partial charge is 0.495 e. The van der Waals surface area contributed by atoms with Crippen molar-refractivity contribution in [2.75, 3.05) is 20.2 Å². The second-order valence-electron chi connectivity index (χ2n) is 6.18. The Morgan fingerprint density at radius 1 is 1.11 bits per heavy atom. The zero-order valence-electron chi connectivity index (χ0n) is 14.9. The average Bonchev–Trinajstić information content (AvgIpc) is 3.22. The number of methoxy groups -OCH3 is 1. The Morgan fingerprint density at radius 2 is 1.78 bits per heavy atom. The molecule has 0 N–H and O–H groups in total. The second kappa shape index (κ2) is 8.06. The van der Waals surface area contributed by atoms with Gasteiger partial charge in [0.25, 0.3) is 0 Å². The summed E-state index contributed by atoms with van der Waals surface area (Å²) in [4.78, 5) is 12.3. The van der Waals surface area contributed by atoms with Crippen molar-refractivity contribution in [1.29, 1.82) is 0 Å². The van der Waals surface area contributed by atoms with Gasteiger partial charge in [0.05, 0.1) is 12.7 Å². The van der Waals surface area contributed by atoms with Crippen LogP contribution in [-0.2, 0) is 21.4 Å².